The lowest BCUT2D eigenvalue weighted by Gasteiger charge is -2.35. The van der Waals surface area contributed by atoms with Crippen LogP contribution in [0.25, 0.3) is 11.0 Å². The number of terminal acetylenes is 2. The highest BCUT2D eigenvalue weighted by Gasteiger charge is 2.27. The summed E-state index contributed by atoms with van der Waals surface area (Å²) in [7, 11) is 0. The Morgan fingerprint density at radius 3 is 2.69 bits per heavy atom. The minimum Gasteiger partial charge on any atom is -0.337 e. The molecule has 1 saturated heterocycles. The van der Waals surface area contributed by atoms with Gasteiger partial charge in [0.15, 0.2) is 17.8 Å². The fourth-order valence-electron chi connectivity index (χ4n) is 4.72. The second kappa shape index (κ2) is 9.95. The lowest BCUT2D eigenvalue weighted by atomic mass is 10.0. The molecule has 1 aliphatic heterocycles. The van der Waals surface area contributed by atoms with Crippen LogP contribution in [0.2, 0.25) is 0 Å². The van der Waals surface area contributed by atoms with Crippen LogP contribution >= 0.6 is 0 Å². The maximum Gasteiger partial charge on any atom is 0.254 e. The number of fused-ring (bicyclic) bond motifs is 1. The number of aromatic amines is 1. The number of anilines is 3. The summed E-state index contributed by atoms with van der Waals surface area (Å²) in [5, 5.41) is 16.0. The van der Waals surface area contributed by atoms with E-state index in [1.165, 1.54) is 12.8 Å². The fourth-order valence-corrected chi connectivity index (χ4v) is 4.72. The number of hydrogen-bond donors (Lipinski definition) is 2. The van der Waals surface area contributed by atoms with Crippen molar-refractivity contribution in [3.63, 3.8) is 0 Å². The quantitative estimate of drug-likeness (QED) is 0.282. The normalized spacial score (nSPS) is 15.1. The van der Waals surface area contributed by atoms with Crippen molar-refractivity contribution in [3.8, 4) is 24.7 Å². The summed E-state index contributed by atoms with van der Waals surface area (Å²) in [6, 6.07) is 6.80. The summed E-state index contributed by atoms with van der Waals surface area (Å²) >= 11 is 0. The lowest BCUT2D eigenvalue weighted by molar-refractivity contribution is 0.0746. The Hall–Kier alpha value is -5.16. The predicted molar refractivity (Wildman–Crippen MR) is 146 cm³/mol. The Morgan fingerprint density at radius 1 is 1.15 bits per heavy atom. The van der Waals surface area contributed by atoms with Crippen LogP contribution in [0.15, 0.2) is 30.5 Å². The van der Waals surface area contributed by atoms with E-state index >= 15 is 0 Å². The molecular weight excluding hydrogens is 494 g/mol. The Morgan fingerprint density at radius 2 is 1.97 bits per heavy atom. The summed E-state index contributed by atoms with van der Waals surface area (Å²) in [4.78, 5) is 37.7. The molecule has 0 unspecified atom stereocenters. The average Bonchev–Trinajstić information content (AvgIpc) is 3.59. The number of hydrogen-bond acceptors (Lipinski definition) is 8. The molecule has 1 aliphatic carbocycles. The summed E-state index contributed by atoms with van der Waals surface area (Å²) in [5.41, 5.74) is 2.98. The zero-order chi connectivity index (χ0) is 26.9. The molecule has 2 aliphatic rings. The number of rotatable bonds is 7. The number of nitrogens with zero attached hydrogens (tertiary/aromatic N) is 7. The van der Waals surface area contributed by atoms with E-state index in [9.17, 15) is 9.59 Å². The van der Waals surface area contributed by atoms with E-state index in [1.54, 1.807) is 34.0 Å². The van der Waals surface area contributed by atoms with Gasteiger partial charge in [-0.25, -0.2) is 4.68 Å². The maximum atomic E-state index is 13.1. The molecule has 0 bridgehead atoms. The third-order valence-electron chi connectivity index (χ3n) is 7.02. The molecule has 11 nitrogen and oxygen atoms in total. The van der Waals surface area contributed by atoms with Gasteiger partial charge in [0.2, 0.25) is 5.95 Å². The first-order valence-corrected chi connectivity index (χ1v) is 12.7. The molecule has 2 fully saturated rings. The van der Waals surface area contributed by atoms with Gasteiger partial charge in [0.05, 0.1) is 11.6 Å². The van der Waals surface area contributed by atoms with Gasteiger partial charge in [-0.15, -0.1) is 12.8 Å². The minimum atomic E-state index is -0.139. The van der Waals surface area contributed by atoms with Crippen molar-refractivity contribution in [2.24, 2.45) is 0 Å². The molecule has 194 valence electrons. The van der Waals surface area contributed by atoms with Crippen molar-refractivity contribution in [1.82, 2.24) is 34.8 Å². The Balaban J connectivity index is 1.23. The molecular formula is C28H25N9O2. The third-order valence-corrected chi connectivity index (χ3v) is 7.02. The zero-order valence-electron chi connectivity index (χ0n) is 21.1. The van der Waals surface area contributed by atoms with Crippen LogP contribution in [0.1, 0.15) is 50.7 Å². The number of aldehydes is 1. The number of carbonyl (C=O) groups is 2. The van der Waals surface area contributed by atoms with Gasteiger partial charge >= 0.3 is 0 Å². The smallest absolute Gasteiger partial charge is 0.254 e. The van der Waals surface area contributed by atoms with Crippen molar-refractivity contribution in [3.05, 3.63) is 52.8 Å². The van der Waals surface area contributed by atoms with Crippen molar-refractivity contribution >= 4 is 40.8 Å². The molecule has 11 heteroatoms. The van der Waals surface area contributed by atoms with Crippen molar-refractivity contribution in [2.75, 3.05) is 36.4 Å². The summed E-state index contributed by atoms with van der Waals surface area (Å²) in [6.45, 7) is 2.28. The van der Waals surface area contributed by atoms with Crippen molar-refractivity contribution in [2.45, 2.75) is 25.3 Å². The van der Waals surface area contributed by atoms with E-state index in [1.807, 2.05) is 11.0 Å². The van der Waals surface area contributed by atoms with E-state index in [0.29, 0.717) is 78.3 Å². The molecule has 1 aromatic carbocycles. The van der Waals surface area contributed by atoms with Gasteiger partial charge in [0.1, 0.15) is 12.4 Å². The minimum absolute atomic E-state index is 0.139. The SMILES string of the molecule is C#CCn1ncc2c(Nc3cc(C4CC4)[nH]n3)nc(N3CCN(C(=O)c4ccc(C=O)c(C#C)c4)CC3)nc21. The number of piperazine rings is 1. The molecule has 3 aromatic heterocycles. The van der Waals surface area contributed by atoms with Gasteiger partial charge in [-0.2, -0.15) is 20.2 Å². The molecule has 6 rings (SSSR count). The molecule has 1 saturated carbocycles. The zero-order valence-corrected chi connectivity index (χ0v) is 21.1. The van der Waals surface area contributed by atoms with Gasteiger partial charge in [0, 0.05) is 60.5 Å². The topological polar surface area (TPSA) is 125 Å². The van der Waals surface area contributed by atoms with Crippen LogP contribution in [-0.4, -0.2) is 73.2 Å². The highest BCUT2D eigenvalue weighted by molar-refractivity contribution is 5.96. The van der Waals surface area contributed by atoms with Crippen LogP contribution in [0, 0.1) is 24.7 Å². The van der Waals surface area contributed by atoms with Crippen LogP contribution in [0.4, 0.5) is 17.6 Å². The third kappa shape index (κ3) is 4.66. The van der Waals surface area contributed by atoms with E-state index in [-0.39, 0.29) is 12.5 Å². The maximum absolute atomic E-state index is 13.1. The molecule has 0 spiro atoms. The Labute approximate surface area is 224 Å². The first kappa shape index (κ1) is 24.2. The number of aromatic nitrogens is 6. The summed E-state index contributed by atoms with van der Waals surface area (Å²) in [5.74, 6) is 7.27. The van der Waals surface area contributed by atoms with E-state index < -0.39 is 0 Å². The number of carbonyl (C=O) groups excluding carboxylic acids is 2. The van der Waals surface area contributed by atoms with Gasteiger partial charge in [-0.3, -0.25) is 14.7 Å². The van der Waals surface area contributed by atoms with Gasteiger partial charge in [-0.05, 0) is 31.0 Å². The highest BCUT2D eigenvalue weighted by Crippen LogP contribution is 2.40. The first-order valence-electron chi connectivity index (χ1n) is 12.7. The van der Waals surface area contributed by atoms with Crippen LogP contribution in [-0.2, 0) is 6.54 Å². The number of amides is 1. The van der Waals surface area contributed by atoms with Gasteiger partial charge in [-0.1, -0.05) is 11.8 Å². The number of benzene rings is 1. The molecule has 4 heterocycles. The van der Waals surface area contributed by atoms with Crippen molar-refractivity contribution in [1.29, 1.82) is 0 Å². The highest BCUT2D eigenvalue weighted by atomic mass is 16.2. The lowest BCUT2D eigenvalue weighted by Crippen LogP contribution is -2.49. The van der Waals surface area contributed by atoms with Crippen LogP contribution in [0.5, 0.6) is 0 Å². The van der Waals surface area contributed by atoms with Crippen LogP contribution in [0.3, 0.4) is 0 Å². The largest absolute Gasteiger partial charge is 0.337 e. The van der Waals surface area contributed by atoms with E-state index in [4.69, 9.17) is 22.8 Å². The second-order valence-corrected chi connectivity index (χ2v) is 9.57. The second-order valence-electron chi connectivity index (χ2n) is 9.57. The first-order chi connectivity index (χ1) is 19.1. The Kier molecular flexibility index (Phi) is 6.17. The molecule has 4 aromatic rings. The summed E-state index contributed by atoms with van der Waals surface area (Å²) < 4.78 is 1.66. The average molecular weight is 520 g/mol. The number of nitrogens with one attached hydrogen (secondary N) is 2. The van der Waals surface area contributed by atoms with Crippen molar-refractivity contribution < 1.29 is 9.59 Å². The predicted octanol–water partition coefficient (Wildman–Crippen LogP) is 2.56. The monoisotopic (exact) mass is 519 g/mol. The molecule has 39 heavy (non-hydrogen) atoms. The standard InChI is InChI=1S/C28H25N9O2/c1-3-9-37-26-22(16-29-37)25(30-24-15-23(33-34-24)19-5-6-19)31-28(32-26)36-12-10-35(11-13-36)27(39)20-7-8-21(17-38)18(4-2)14-20/h1-2,7-8,14-17,19H,5-6,9-13H2,(H2,30,31,32,33,34). The molecule has 2 N–H and O–H groups in total. The van der Waals surface area contributed by atoms with Crippen LogP contribution < -0.4 is 10.2 Å². The van der Waals surface area contributed by atoms with E-state index in [2.05, 4.69) is 32.5 Å². The molecule has 0 radical (unpaired) electrons. The Bertz CT molecular complexity index is 1660. The van der Waals surface area contributed by atoms with Gasteiger partial charge in [0.25, 0.3) is 5.91 Å². The van der Waals surface area contributed by atoms with Gasteiger partial charge < -0.3 is 15.1 Å². The molecule has 0 atom stereocenters. The fraction of sp³-hybridized carbons (Fsp3) is 0.286. The van der Waals surface area contributed by atoms with E-state index in [0.717, 1.165) is 11.1 Å². The summed E-state index contributed by atoms with van der Waals surface area (Å²) in [6.07, 6.45) is 15.8. The number of H-pyrrole nitrogens is 1. The molecule has 1 amide bonds.